The summed E-state index contributed by atoms with van der Waals surface area (Å²) in [6.07, 6.45) is 7.19. The van der Waals surface area contributed by atoms with E-state index in [4.69, 9.17) is 9.26 Å². The normalized spacial score (nSPS) is 17.2. The van der Waals surface area contributed by atoms with Gasteiger partial charge in [-0.05, 0) is 36.5 Å². The molecule has 3 aromatic rings. The molecule has 0 amide bonds. The Morgan fingerprint density at radius 2 is 2.10 bits per heavy atom. The predicted octanol–water partition coefficient (Wildman–Crippen LogP) is 3.01. The molecule has 3 heterocycles. The van der Waals surface area contributed by atoms with Gasteiger partial charge in [0.05, 0.1) is 31.3 Å². The highest BCUT2D eigenvalue weighted by atomic mass is 32.2. The van der Waals surface area contributed by atoms with Gasteiger partial charge >= 0.3 is 0 Å². The van der Waals surface area contributed by atoms with E-state index in [0.29, 0.717) is 23.3 Å². The van der Waals surface area contributed by atoms with Crippen molar-refractivity contribution in [1.82, 2.24) is 20.3 Å². The quantitative estimate of drug-likeness (QED) is 0.575. The SMILES string of the molecule is COc1cc(Cn2ncc3c2CNC3)cc2onc(NS(=O)(=O)CC3CCCCC3)c12. The zero-order valence-electron chi connectivity index (χ0n) is 17.6. The molecule has 166 valence electrons. The Labute approximate surface area is 181 Å². The molecule has 9 nitrogen and oxygen atoms in total. The van der Waals surface area contributed by atoms with Crippen LogP contribution in [0, 0.1) is 5.92 Å². The average Bonchev–Trinajstić information content (AvgIpc) is 3.46. The molecule has 1 aliphatic carbocycles. The molecule has 0 radical (unpaired) electrons. The van der Waals surface area contributed by atoms with Gasteiger partial charge in [-0.1, -0.05) is 24.4 Å². The minimum absolute atomic E-state index is 0.111. The van der Waals surface area contributed by atoms with E-state index in [1.165, 1.54) is 17.7 Å². The fourth-order valence-electron chi connectivity index (χ4n) is 4.69. The third-order valence-corrected chi connectivity index (χ3v) is 7.64. The minimum atomic E-state index is -3.53. The fourth-order valence-corrected chi connectivity index (χ4v) is 6.16. The Morgan fingerprint density at radius 3 is 2.90 bits per heavy atom. The summed E-state index contributed by atoms with van der Waals surface area (Å²) < 4.78 is 41.1. The Morgan fingerprint density at radius 1 is 1.26 bits per heavy atom. The van der Waals surface area contributed by atoms with Gasteiger partial charge in [0.1, 0.15) is 11.1 Å². The second-order valence-electron chi connectivity index (χ2n) is 8.47. The van der Waals surface area contributed by atoms with Gasteiger partial charge in [0.2, 0.25) is 10.0 Å². The van der Waals surface area contributed by atoms with E-state index < -0.39 is 10.0 Å². The smallest absolute Gasteiger partial charge is 0.234 e. The first-order valence-electron chi connectivity index (χ1n) is 10.7. The van der Waals surface area contributed by atoms with Crippen LogP contribution < -0.4 is 14.8 Å². The van der Waals surface area contributed by atoms with E-state index in [1.54, 1.807) is 7.11 Å². The van der Waals surface area contributed by atoms with Crippen LogP contribution in [0.3, 0.4) is 0 Å². The van der Waals surface area contributed by atoms with Crippen LogP contribution in [0.4, 0.5) is 5.82 Å². The molecule has 0 unspecified atom stereocenters. The third kappa shape index (κ3) is 4.14. The molecule has 0 saturated heterocycles. The number of hydrogen-bond donors (Lipinski definition) is 2. The predicted molar refractivity (Wildman–Crippen MR) is 116 cm³/mol. The number of hydrogen-bond acceptors (Lipinski definition) is 7. The lowest BCUT2D eigenvalue weighted by Crippen LogP contribution is -2.24. The topological polar surface area (TPSA) is 111 Å². The lowest BCUT2D eigenvalue weighted by Gasteiger charge is -2.21. The molecule has 2 N–H and O–H groups in total. The summed E-state index contributed by atoms with van der Waals surface area (Å²) in [5.74, 6) is 1.01. The van der Waals surface area contributed by atoms with Crippen molar-refractivity contribution in [3.63, 3.8) is 0 Å². The van der Waals surface area contributed by atoms with Crippen LogP contribution in [0.2, 0.25) is 0 Å². The van der Waals surface area contributed by atoms with Crippen molar-refractivity contribution in [2.75, 3.05) is 17.6 Å². The highest BCUT2D eigenvalue weighted by Crippen LogP contribution is 2.35. The maximum atomic E-state index is 12.7. The molecule has 1 saturated carbocycles. The van der Waals surface area contributed by atoms with Crippen molar-refractivity contribution in [3.8, 4) is 5.75 Å². The molecule has 31 heavy (non-hydrogen) atoms. The van der Waals surface area contributed by atoms with Crippen LogP contribution in [0.1, 0.15) is 48.9 Å². The van der Waals surface area contributed by atoms with Crippen molar-refractivity contribution >= 4 is 26.8 Å². The fraction of sp³-hybridized carbons (Fsp3) is 0.524. The van der Waals surface area contributed by atoms with E-state index in [9.17, 15) is 8.42 Å². The maximum absolute atomic E-state index is 12.7. The molecule has 1 aliphatic heterocycles. The second-order valence-corrected chi connectivity index (χ2v) is 10.2. The van der Waals surface area contributed by atoms with Gasteiger partial charge in [0, 0.05) is 18.7 Å². The van der Waals surface area contributed by atoms with Crippen LogP contribution in [0.5, 0.6) is 5.75 Å². The van der Waals surface area contributed by atoms with E-state index in [1.807, 2.05) is 23.0 Å². The number of nitrogens with one attached hydrogen (secondary N) is 2. The Hall–Kier alpha value is -2.59. The second kappa shape index (κ2) is 8.16. The van der Waals surface area contributed by atoms with E-state index >= 15 is 0 Å². The average molecular weight is 446 g/mol. The first kappa shape index (κ1) is 20.3. The van der Waals surface area contributed by atoms with Crippen molar-refractivity contribution in [3.05, 3.63) is 35.2 Å². The first-order valence-corrected chi connectivity index (χ1v) is 12.4. The van der Waals surface area contributed by atoms with Crippen molar-refractivity contribution < 1.29 is 17.7 Å². The molecule has 0 bridgehead atoms. The van der Waals surface area contributed by atoms with Gasteiger partial charge in [0.25, 0.3) is 0 Å². The molecular weight excluding hydrogens is 418 g/mol. The Bertz CT molecular complexity index is 1190. The molecule has 5 rings (SSSR count). The highest BCUT2D eigenvalue weighted by Gasteiger charge is 2.25. The Kier molecular flexibility index (Phi) is 5.35. The van der Waals surface area contributed by atoms with Gasteiger partial charge in [-0.2, -0.15) is 5.10 Å². The summed E-state index contributed by atoms with van der Waals surface area (Å²) in [4.78, 5) is 0. The molecule has 2 aromatic heterocycles. The number of anilines is 1. The van der Waals surface area contributed by atoms with Gasteiger partial charge in [-0.15, -0.1) is 0 Å². The number of methoxy groups -OCH3 is 1. The highest BCUT2D eigenvalue weighted by molar-refractivity contribution is 7.92. The van der Waals surface area contributed by atoms with E-state index in [-0.39, 0.29) is 17.5 Å². The largest absolute Gasteiger partial charge is 0.496 e. The summed E-state index contributed by atoms with van der Waals surface area (Å²) in [5.41, 5.74) is 3.80. The summed E-state index contributed by atoms with van der Waals surface area (Å²) in [7, 11) is -1.97. The van der Waals surface area contributed by atoms with Gasteiger partial charge < -0.3 is 14.6 Å². The van der Waals surface area contributed by atoms with Gasteiger partial charge in [0.15, 0.2) is 11.4 Å². The number of rotatable bonds is 7. The number of fused-ring (bicyclic) bond motifs is 2. The number of sulfonamides is 1. The summed E-state index contributed by atoms with van der Waals surface area (Å²) in [6.45, 7) is 2.20. The minimum Gasteiger partial charge on any atom is -0.496 e. The molecule has 0 atom stereocenters. The summed E-state index contributed by atoms with van der Waals surface area (Å²) in [6, 6.07) is 3.75. The van der Waals surface area contributed by atoms with E-state index in [0.717, 1.165) is 44.3 Å². The number of nitrogens with zero attached hydrogens (tertiary/aromatic N) is 3. The van der Waals surface area contributed by atoms with Crippen LogP contribution >= 0.6 is 0 Å². The summed E-state index contributed by atoms with van der Waals surface area (Å²) in [5, 5.41) is 12.3. The van der Waals surface area contributed by atoms with Crippen LogP contribution in [0.25, 0.3) is 11.0 Å². The number of ether oxygens (including phenoxy) is 1. The monoisotopic (exact) mass is 445 g/mol. The van der Waals surface area contributed by atoms with Crippen molar-refractivity contribution in [1.29, 1.82) is 0 Å². The van der Waals surface area contributed by atoms with Crippen LogP contribution in [-0.2, 0) is 29.7 Å². The summed E-state index contributed by atoms with van der Waals surface area (Å²) >= 11 is 0. The zero-order valence-corrected chi connectivity index (χ0v) is 18.4. The lowest BCUT2D eigenvalue weighted by molar-refractivity contribution is 0.385. The molecule has 2 aliphatic rings. The van der Waals surface area contributed by atoms with Crippen LogP contribution in [0.15, 0.2) is 22.9 Å². The Balaban J connectivity index is 1.40. The molecule has 0 spiro atoms. The zero-order chi connectivity index (χ0) is 21.4. The maximum Gasteiger partial charge on any atom is 0.234 e. The number of benzene rings is 1. The van der Waals surface area contributed by atoms with E-state index in [2.05, 4.69) is 20.3 Å². The number of aromatic nitrogens is 3. The van der Waals surface area contributed by atoms with Crippen molar-refractivity contribution in [2.45, 2.75) is 51.7 Å². The molecule has 1 fully saturated rings. The molecular formula is C21H27N5O4S. The standard InChI is InChI=1S/C21H27N5O4S/c1-29-18-7-15(12-26-17-11-22-9-16(17)10-23-26)8-19-20(18)21(24-30-19)25-31(27,28)13-14-5-3-2-4-6-14/h7-8,10,14,22H,2-6,9,11-13H2,1H3,(H,24,25). The van der Waals surface area contributed by atoms with Crippen LogP contribution in [-0.4, -0.2) is 36.2 Å². The third-order valence-electron chi connectivity index (χ3n) is 6.23. The molecule has 1 aromatic carbocycles. The van der Waals surface area contributed by atoms with Gasteiger partial charge in [-0.25, -0.2) is 8.42 Å². The molecule has 10 heteroatoms. The lowest BCUT2D eigenvalue weighted by atomic mass is 9.91. The van der Waals surface area contributed by atoms with Gasteiger partial charge in [-0.3, -0.25) is 9.40 Å². The first-order chi connectivity index (χ1) is 15.0. The van der Waals surface area contributed by atoms with Crippen molar-refractivity contribution in [2.24, 2.45) is 5.92 Å².